The van der Waals surface area contributed by atoms with E-state index in [2.05, 4.69) is 15.8 Å². The zero-order valence-electron chi connectivity index (χ0n) is 14.1. The highest BCUT2D eigenvalue weighted by atomic mass is 16.2. The number of carbonyl (C=O) groups excluding carboxylic acids is 3. The molecule has 3 amide bonds. The summed E-state index contributed by atoms with van der Waals surface area (Å²) in [5.41, 5.74) is 2.73. The largest absolute Gasteiger partial charge is 0.348 e. The van der Waals surface area contributed by atoms with E-state index in [4.69, 9.17) is 0 Å². The molecule has 1 aliphatic carbocycles. The van der Waals surface area contributed by atoms with E-state index < -0.39 is 0 Å². The van der Waals surface area contributed by atoms with Gasteiger partial charge in [0.2, 0.25) is 11.8 Å². The number of amides is 3. The molecule has 0 aromatic carbocycles. The van der Waals surface area contributed by atoms with Crippen LogP contribution in [-0.4, -0.2) is 47.5 Å². The van der Waals surface area contributed by atoms with Crippen LogP contribution in [0.15, 0.2) is 5.10 Å². The third-order valence-corrected chi connectivity index (χ3v) is 5.26. The van der Waals surface area contributed by atoms with Crippen LogP contribution in [-0.2, 0) is 14.4 Å². The van der Waals surface area contributed by atoms with Gasteiger partial charge >= 0.3 is 0 Å². The van der Waals surface area contributed by atoms with Gasteiger partial charge in [0.15, 0.2) is 0 Å². The molecule has 2 aliphatic heterocycles. The Kier molecular flexibility index (Phi) is 5.48. The fourth-order valence-corrected chi connectivity index (χ4v) is 3.76. The van der Waals surface area contributed by atoms with Gasteiger partial charge in [-0.25, -0.2) is 5.43 Å². The van der Waals surface area contributed by atoms with Crippen molar-refractivity contribution in [2.45, 2.75) is 63.8 Å². The Morgan fingerprint density at radius 3 is 2.38 bits per heavy atom. The Labute approximate surface area is 142 Å². The average Bonchev–Trinajstić information content (AvgIpc) is 2.63. The quantitative estimate of drug-likeness (QED) is 0.805. The lowest BCUT2D eigenvalue weighted by Gasteiger charge is -2.35. The van der Waals surface area contributed by atoms with Gasteiger partial charge in [-0.3, -0.25) is 14.4 Å². The lowest BCUT2D eigenvalue weighted by atomic mass is 9.87. The molecule has 1 saturated carbocycles. The van der Waals surface area contributed by atoms with Crippen LogP contribution in [0, 0.1) is 5.92 Å². The molecule has 7 heteroatoms. The summed E-state index contributed by atoms with van der Waals surface area (Å²) in [5, 5.41) is 6.80. The van der Waals surface area contributed by atoms with Gasteiger partial charge in [0, 0.05) is 37.9 Å². The second-order valence-electron chi connectivity index (χ2n) is 7.00. The first-order valence-corrected chi connectivity index (χ1v) is 9.08. The van der Waals surface area contributed by atoms with E-state index in [0.29, 0.717) is 37.6 Å². The van der Waals surface area contributed by atoms with Gasteiger partial charge in [-0.05, 0) is 25.7 Å². The predicted octanol–water partition coefficient (Wildman–Crippen LogP) is 0.940. The van der Waals surface area contributed by atoms with Gasteiger partial charge < -0.3 is 10.2 Å². The molecule has 0 bridgehead atoms. The number of rotatable bonds is 3. The summed E-state index contributed by atoms with van der Waals surface area (Å²) >= 11 is 0. The molecule has 0 radical (unpaired) electrons. The van der Waals surface area contributed by atoms with Gasteiger partial charge in [-0.2, -0.15) is 5.10 Å². The maximum absolute atomic E-state index is 12.5. The van der Waals surface area contributed by atoms with Gasteiger partial charge in [0.25, 0.3) is 5.91 Å². The summed E-state index contributed by atoms with van der Waals surface area (Å²) in [6.45, 7) is 1.42. The molecule has 1 saturated heterocycles. The summed E-state index contributed by atoms with van der Waals surface area (Å²) in [6.07, 6.45) is 7.90. The maximum atomic E-state index is 12.5. The van der Waals surface area contributed by atoms with Gasteiger partial charge in [0.05, 0.1) is 0 Å². The number of carbonyl (C=O) groups is 3. The fraction of sp³-hybridized carbons (Fsp3) is 0.765. The number of piperidine rings is 1. The highest BCUT2D eigenvalue weighted by Crippen LogP contribution is 2.26. The molecule has 7 nitrogen and oxygen atoms in total. The Morgan fingerprint density at radius 2 is 1.75 bits per heavy atom. The molecular weight excluding hydrogens is 308 g/mol. The third-order valence-electron chi connectivity index (χ3n) is 5.26. The molecule has 0 aromatic rings. The zero-order valence-corrected chi connectivity index (χ0v) is 14.1. The lowest BCUT2D eigenvalue weighted by molar-refractivity contribution is -0.137. The molecule has 0 atom stereocenters. The molecule has 3 aliphatic rings. The lowest BCUT2D eigenvalue weighted by Crippen LogP contribution is -2.50. The van der Waals surface area contributed by atoms with E-state index in [1.807, 2.05) is 4.90 Å². The molecule has 3 rings (SSSR count). The fourth-order valence-electron chi connectivity index (χ4n) is 3.76. The van der Waals surface area contributed by atoms with Crippen molar-refractivity contribution < 1.29 is 14.4 Å². The van der Waals surface area contributed by atoms with Crippen LogP contribution in [0.4, 0.5) is 0 Å². The SMILES string of the molecule is O=C1CCC(C(=O)NC2CCN(C(=O)C3CCCCC3)CC2)=NN1. The minimum Gasteiger partial charge on any atom is -0.348 e. The third kappa shape index (κ3) is 4.13. The minimum absolute atomic E-state index is 0.0771. The molecule has 0 spiro atoms. The predicted molar refractivity (Wildman–Crippen MR) is 89.1 cm³/mol. The monoisotopic (exact) mass is 334 g/mol. The van der Waals surface area contributed by atoms with Gasteiger partial charge in [-0.15, -0.1) is 0 Å². The summed E-state index contributed by atoms with van der Waals surface area (Å²) in [5.74, 6) is 0.164. The summed E-state index contributed by atoms with van der Waals surface area (Å²) in [4.78, 5) is 37.7. The van der Waals surface area contributed by atoms with Crippen LogP contribution in [0.1, 0.15) is 57.8 Å². The molecule has 2 heterocycles. The number of nitrogens with one attached hydrogen (secondary N) is 2. The van der Waals surface area contributed by atoms with Crippen LogP contribution in [0.5, 0.6) is 0 Å². The number of hydrogen-bond acceptors (Lipinski definition) is 4. The van der Waals surface area contributed by atoms with Crippen LogP contribution >= 0.6 is 0 Å². The summed E-state index contributed by atoms with van der Waals surface area (Å²) in [6, 6.07) is 0.0771. The van der Waals surface area contributed by atoms with Crippen molar-refractivity contribution in [2.75, 3.05) is 13.1 Å². The van der Waals surface area contributed by atoms with Crippen LogP contribution < -0.4 is 10.7 Å². The van der Waals surface area contributed by atoms with Crippen molar-refractivity contribution in [3.8, 4) is 0 Å². The highest BCUT2D eigenvalue weighted by Gasteiger charge is 2.30. The Morgan fingerprint density at radius 1 is 1.04 bits per heavy atom. The Bertz CT molecular complexity index is 532. The average molecular weight is 334 g/mol. The molecular formula is C17H26N4O3. The molecule has 0 unspecified atom stereocenters. The first-order chi connectivity index (χ1) is 11.6. The molecule has 132 valence electrons. The van der Waals surface area contributed by atoms with Gasteiger partial charge in [0.1, 0.15) is 5.71 Å². The zero-order chi connectivity index (χ0) is 16.9. The van der Waals surface area contributed by atoms with Crippen molar-refractivity contribution in [1.82, 2.24) is 15.6 Å². The number of likely N-dealkylation sites (tertiary alicyclic amines) is 1. The smallest absolute Gasteiger partial charge is 0.267 e. The van der Waals surface area contributed by atoms with E-state index in [9.17, 15) is 14.4 Å². The molecule has 0 aromatic heterocycles. The van der Waals surface area contributed by atoms with E-state index >= 15 is 0 Å². The van der Waals surface area contributed by atoms with Crippen molar-refractivity contribution in [2.24, 2.45) is 11.0 Å². The first-order valence-electron chi connectivity index (χ1n) is 9.08. The van der Waals surface area contributed by atoms with Crippen molar-refractivity contribution >= 4 is 23.4 Å². The number of hydrogen-bond donors (Lipinski definition) is 2. The first kappa shape index (κ1) is 16.9. The van der Waals surface area contributed by atoms with Crippen LogP contribution in [0.3, 0.4) is 0 Å². The van der Waals surface area contributed by atoms with Crippen LogP contribution in [0.25, 0.3) is 0 Å². The normalized spacial score (nSPS) is 23.4. The van der Waals surface area contributed by atoms with Crippen LogP contribution in [0.2, 0.25) is 0 Å². The van der Waals surface area contributed by atoms with Crippen molar-refractivity contribution in [1.29, 1.82) is 0 Å². The Balaban J connectivity index is 1.44. The maximum Gasteiger partial charge on any atom is 0.267 e. The minimum atomic E-state index is -0.202. The summed E-state index contributed by atoms with van der Waals surface area (Å²) in [7, 11) is 0. The van der Waals surface area contributed by atoms with Crippen molar-refractivity contribution in [3.05, 3.63) is 0 Å². The molecule has 2 N–H and O–H groups in total. The van der Waals surface area contributed by atoms with Gasteiger partial charge in [-0.1, -0.05) is 19.3 Å². The van der Waals surface area contributed by atoms with Crippen molar-refractivity contribution in [3.63, 3.8) is 0 Å². The topological polar surface area (TPSA) is 90.9 Å². The number of nitrogens with zero attached hydrogens (tertiary/aromatic N) is 2. The second kappa shape index (κ2) is 7.77. The van der Waals surface area contributed by atoms with E-state index in [1.165, 1.54) is 19.3 Å². The standard InChI is InChI=1S/C17H26N4O3/c22-15-7-6-14(19-20-15)16(23)18-13-8-10-21(11-9-13)17(24)12-4-2-1-3-5-12/h12-13H,1-11H2,(H,18,23)(H,20,22). The second-order valence-corrected chi connectivity index (χ2v) is 7.00. The molecule has 2 fully saturated rings. The highest BCUT2D eigenvalue weighted by molar-refractivity contribution is 6.39. The summed E-state index contributed by atoms with van der Waals surface area (Å²) < 4.78 is 0. The Hall–Kier alpha value is -1.92. The number of hydrazone groups is 1. The van der Waals surface area contributed by atoms with E-state index in [-0.39, 0.29) is 23.8 Å². The van der Waals surface area contributed by atoms with E-state index in [0.717, 1.165) is 25.7 Å². The molecule has 24 heavy (non-hydrogen) atoms. The van der Waals surface area contributed by atoms with E-state index in [1.54, 1.807) is 0 Å².